The fraction of sp³-hybridized carbons (Fsp3) is 0.647. The van der Waals surface area contributed by atoms with Gasteiger partial charge in [-0.2, -0.15) is 0 Å². The van der Waals surface area contributed by atoms with Gasteiger partial charge in [0.05, 0.1) is 5.60 Å². The fourth-order valence-electron chi connectivity index (χ4n) is 2.31. The molecule has 1 aromatic rings. The molecule has 1 rings (SSSR count). The van der Waals surface area contributed by atoms with Crippen LogP contribution in [-0.2, 0) is 0 Å². The van der Waals surface area contributed by atoms with E-state index in [0.29, 0.717) is 18.5 Å². The van der Waals surface area contributed by atoms with E-state index in [2.05, 4.69) is 43.4 Å². The Morgan fingerprint density at radius 3 is 2.16 bits per heavy atom. The lowest BCUT2D eigenvalue weighted by atomic mass is 9.93. The molecular formula is C17H29NO. The van der Waals surface area contributed by atoms with Crippen LogP contribution >= 0.6 is 0 Å². The van der Waals surface area contributed by atoms with E-state index >= 15 is 0 Å². The first-order valence-corrected chi connectivity index (χ1v) is 7.51. The van der Waals surface area contributed by atoms with Gasteiger partial charge in [-0.3, -0.25) is 0 Å². The summed E-state index contributed by atoms with van der Waals surface area (Å²) in [4.78, 5) is 0. The molecular weight excluding hydrogens is 234 g/mol. The van der Waals surface area contributed by atoms with Crippen molar-refractivity contribution in [3.05, 3.63) is 35.9 Å². The molecule has 0 fully saturated rings. The molecule has 1 unspecified atom stereocenters. The molecule has 0 spiro atoms. The summed E-state index contributed by atoms with van der Waals surface area (Å²) in [5, 5.41) is 14.0. The van der Waals surface area contributed by atoms with Crippen LogP contribution in [0.2, 0.25) is 0 Å². The zero-order chi connectivity index (χ0) is 14.3. The van der Waals surface area contributed by atoms with Crippen molar-refractivity contribution in [3.63, 3.8) is 0 Å². The molecule has 0 aliphatic carbocycles. The van der Waals surface area contributed by atoms with Crippen LogP contribution < -0.4 is 5.32 Å². The third-order valence-corrected chi connectivity index (χ3v) is 3.90. The minimum atomic E-state index is -0.579. The van der Waals surface area contributed by atoms with Crippen molar-refractivity contribution >= 4 is 0 Å². The van der Waals surface area contributed by atoms with E-state index in [1.807, 2.05) is 19.9 Å². The van der Waals surface area contributed by atoms with E-state index in [9.17, 15) is 5.11 Å². The molecule has 2 nitrogen and oxygen atoms in total. The molecule has 1 atom stereocenters. The van der Waals surface area contributed by atoms with Crippen LogP contribution in [0, 0.1) is 5.92 Å². The quantitative estimate of drug-likeness (QED) is 0.745. The van der Waals surface area contributed by atoms with Gasteiger partial charge in [-0.25, -0.2) is 0 Å². The number of hydrogen-bond acceptors (Lipinski definition) is 2. The highest BCUT2D eigenvalue weighted by Crippen LogP contribution is 2.23. The lowest BCUT2D eigenvalue weighted by molar-refractivity contribution is 0.0291. The van der Waals surface area contributed by atoms with Crippen molar-refractivity contribution in [1.82, 2.24) is 5.32 Å². The second-order valence-corrected chi connectivity index (χ2v) is 5.91. The molecule has 0 saturated heterocycles. The smallest absolute Gasteiger partial charge is 0.0766 e. The zero-order valence-electron chi connectivity index (χ0n) is 12.8. The maximum Gasteiger partial charge on any atom is 0.0766 e. The Morgan fingerprint density at radius 1 is 1.11 bits per heavy atom. The Bertz CT molecular complexity index is 344. The van der Waals surface area contributed by atoms with Gasteiger partial charge in [0.2, 0.25) is 0 Å². The molecule has 19 heavy (non-hydrogen) atoms. The van der Waals surface area contributed by atoms with Crippen LogP contribution in [0.25, 0.3) is 0 Å². The molecule has 0 radical (unpaired) electrons. The number of benzene rings is 1. The van der Waals surface area contributed by atoms with Crippen LogP contribution in [0.3, 0.4) is 0 Å². The van der Waals surface area contributed by atoms with E-state index in [1.165, 1.54) is 5.56 Å². The third-order valence-electron chi connectivity index (χ3n) is 3.90. The predicted octanol–water partition coefficient (Wildman–Crippen LogP) is 3.91. The first kappa shape index (κ1) is 16.2. The standard InChI is InChI=1S/C17H29NO/c1-5-17(19,6-2)13-18-16(12-14(3)4)15-10-8-7-9-11-15/h7-11,14,16,18-19H,5-6,12-13H2,1-4H3. The minimum absolute atomic E-state index is 0.325. The Kier molecular flexibility index (Phi) is 6.53. The average molecular weight is 263 g/mol. The molecule has 2 heteroatoms. The van der Waals surface area contributed by atoms with Gasteiger partial charge in [0, 0.05) is 12.6 Å². The summed E-state index contributed by atoms with van der Waals surface area (Å²) in [6.45, 7) is 9.23. The Labute approximate surface area is 118 Å². The van der Waals surface area contributed by atoms with Gasteiger partial charge in [-0.05, 0) is 30.7 Å². The number of rotatable bonds is 8. The molecule has 108 valence electrons. The van der Waals surface area contributed by atoms with Gasteiger partial charge in [-0.1, -0.05) is 58.0 Å². The van der Waals surface area contributed by atoms with Crippen LogP contribution in [0.15, 0.2) is 30.3 Å². The zero-order valence-corrected chi connectivity index (χ0v) is 12.8. The van der Waals surface area contributed by atoms with E-state index < -0.39 is 5.60 Å². The summed E-state index contributed by atoms with van der Waals surface area (Å²) >= 11 is 0. The molecule has 0 amide bonds. The van der Waals surface area contributed by atoms with Gasteiger partial charge in [0.15, 0.2) is 0 Å². The van der Waals surface area contributed by atoms with Gasteiger partial charge in [-0.15, -0.1) is 0 Å². The summed E-state index contributed by atoms with van der Waals surface area (Å²) in [7, 11) is 0. The minimum Gasteiger partial charge on any atom is -0.389 e. The van der Waals surface area contributed by atoms with Gasteiger partial charge >= 0.3 is 0 Å². The summed E-state index contributed by atoms with van der Waals surface area (Å²) in [6.07, 6.45) is 2.67. The highest BCUT2D eigenvalue weighted by atomic mass is 16.3. The number of nitrogens with one attached hydrogen (secondary N) is 1. The Morgan fingerprint density at radius 2 is 1.68 bits per heavy atom. The van der Waals surface area contributed by atoms with Crippen LogP contribution in [0.5, 0.6) is 0 Å². The Balaban J connectivity index is 2.71. The number of aliphatic hydroxyl groups is 1. The van der Waals surface area contributed by atoms with Gasteiger partial charge in [0.1, 0.15) is 0 Å². The summed E-state index contributed by atoms with van der Waals surface area (Å²) in [5.74, 6) is 0.633. The average Bonchev–Trinajstić information content (AvgIpc) is 2.43. The maximum atomic E-state index is 10.4. The van der Waals surface area contributed by atoms with Crippen molar-refractivity contribution in [1.29, 1.82) is 0 Å². The monoisotopic (exact) mass is 263 g/mol. The normalized spacial score (nSPS) is 13.8. The number of hydrogen-bond donors (Lipinski definition) is 2. The molecule has 0 heterocycles. The van der Waals surface area contributed by atoms with Crippen molar-refractivity contribution in [3.8, 4) is 0 Å². The van der Waals surface area contributed by atoms with Gasteiger partial charge < -0.3 is 10.4 Å². The highest BCUT2D eigenvalue weighted by Gasteiger charge is 2.24. The second-order valence-electron chi connectivity index (χ2n) is 5.91. The maximum absolute atomic E-state index is 10.4. The Hall–Kier alpha value is -0.860. The van der Waals surface area contributed by atoms with Gasteiger partial charge in [0.25, 0.3) is 0 Å². The highest BCUT2D eigenvalue weighted by molar-refractivity contribution is 5.19. The summed E-state index contributed by atoms with van der Waals surface area (Å²) < 4.78 is 0. The topological polar surface area (TPSA) is 32.3 Å². The molecule has 1 aromatic carbocycles. The lowest BCUT2D eigenvalue weighted by Crippen LogP contribution is -2.41. The first-order chi connectivity index (χ1) is 9.00. The van der Waals surface area contributed by atoms with Crippen molar-refractivity contribution in [2.45, 2.75) is 58.6 Å². The van der Waals surface area contributed by atoms with E-state index in [0.717, 1.165) is 19.3 Å². The first-order valence-electron chi connectivity index (χ1n) is 7.51. The SMILES string of the molecule is CCC(O)(CC)CNC(CC(C)C)c1ccccc1. The van der Waals surface area contributed by atoms with E-state index in [1.54, 1.807) is 0 Å². The van der Waals surface area contributed by atoms with Crippen LogP contribution in [-0.4, -0.2) is 17.3 Å². The fourth-order valence-corrected chi connectivity index (χ4v) is 2.31. The predicted molar refractivity (Wildman–Crippen MR) is 82.2 cm³/mol. The van der Waals surface area contributed by atoms with Crippen molar-refractivity contribution in [2.75, 3.05) is 6.54 Å². The van der Waals surface area contributed by atoms with Crippen LogP contribution in [0.4, 0.5) is 0 Å². The second kappa shape index (κ2) is 7.66. The lowest BCUT2D eigenvalue weighted by Gasteiger charge is -2.29. The third kappa shape index (κ3) is 5.33. The van der Waals surface area contributed by atoms with Crippen molar-refractivity contribution < 1.29 is 5.11 Å². The molecule has 0 aromatic heterocycles. The molecule has 0 saturated carbocycles. The summed E-state index contributed by atoms with van der Waals surface area (Å²) in [5.41, 5.74) is 0.732. The molecule has 0 bridgehead atoms. The summed E-state index contributed by atoms with van der Waals surface area (Å²) in [6, 6.07) is 10.9. The van der Waals surface area contributed by atoms with Crippen molar-refractivity contribution in [2.24, 2.45) is 5.92 Å². The molecule has 0 aliphatic heterocycles. The van der Waals surface area contributed by atoms with E-state index in [-0.39, 0.29) is 0 Å². The largest absolute Gasteiger partial charge is 0.389 e. The van der Waals surface area contributed by atoms with Crippen LogP contribution in [0.1, 0.15) is 58.6 Å². The van der Waals surface area contributed by atoms with E-state index in [4.69, 9.17) is 0 Å². The molecule has 0 aliphatic rings. The molecule has 2 N–H and O–H groups in total.